The quantitative estimate of drug-likeness (QED) is 0.619. The van der Waals surface area contributed by atoms with Crippen LogP contribution in [0.15, 0.2) is 0 Å². The summed E-state index contributed by atoms with van der Waals surface area (Å²) in [7, 11) is 1.59. The monoisotopic (exact) mass is 227 g/mol. The van der Waals surface area contributed by atoms with Crippen LogP contribution in [0, 0.1) is 5.92 Å². The Balaban J connectivity index is 2.21. The molecule has 0 radical (unpaired) electrons. The van der Waals surface area contributed by atoms with Crippen LogP contribution >= 0.6 is 0 Å². The minimum absolute atomic E-state index is 0.0356. The van der Waals surface area contributed by atoms with E-state index in [2.05, 4.69) is 10.6 Å². The predicted molar refractivity (Wildman–Crippen MR) is 61.6 cm³/mol. The Hall–Kier alpha value is -1.10. The molecule has 0 aliphatic heterocycles. The van der Waals surface area contributed by atoms with E-state index in [9.17, 15) is 9.59 Å². The second-order valence-corrected chi connectivity index (χ2v) is 4.34. The van der Waals surface area contributed by atoms with Gasteiger partial charge in [0.25, 0.3) is 0 Å². The highest BCUT2D eigenvalue weighted by molar-refractivity contribution is 5.80. The molecule has 0 bridgehead atoms. The summed E-state index contributed by atoms with van der Waals surface area (Å²) in [5.74, 6) is 0.0214. The van der Waals surface area contributed by atoms with Gasteiger partial charge < -0.3 is 16.4 Å². The zero-order valence-corrected chi connectivity index (χ0v) is 9.79. The van der Waals surface area contributed by atoms with Gasteiger partial charge in [0.1, 0.15) is 0 Å². The summed E-state index contributed by atoms with van der Waals surface area (Å²) in [6.45, 7) is 0.407. The van der Waals surface area contributed by atoms with Gasteiger partial charge in [0.2, 0.25) is 11.8 Å². The highest BCUT2D eigenvalue weighted by Gasteiger charge is 2.24. The summed E-state index contributed by atoms with van der Waals surface area (Å²) >= 11 is 0. The van der Waals surface area contributed by atoms with Gasteiger partial charge in [0.05, 0.1) is 0 Å². The first-order chi connectivity index (χ1) is 7.63. The molecular formula is C11H21N3O2. The Morgan fingerprint density at radius 1 is 1.38 bits per heavy atom. The molecule has 1 saturated carbocycles. The molecular weight excluding hydrogens is 206 g/mol. The third-order valence-electron chi connectivity index (χ3n) is 3.02. The number of hydrogen-bond acceptors (Lipinski definition) is 3. The number of amides is 2. The lowest BCUT2D eigenvalue weighted by Crippen LogP contribution is -2.38. The molecule has 2 atom stereocenters. The Kier molecular flexibility index (Phi) is 5.25. The van der Waals surface area contributed by atoms with Gasteiger partial charge in [0.15, 0.2) is 0 Å². The molecule has 5 nitrogen and oxygen atoms in total. The molecule has 2 unspecified atom stereocenters. The molecule has 0 spiro atoms. The summed E-state index contributed by atoms with van der Waals surface area (Å²) < 4.78 is 0. The van der Waals surface area contributed by atoms with Crippen LogP contribution in [0.3, 0.4) is 0 Å². The maximum absolute atomic E-state index is 11.7. The first kappa shape index (κ1) is 13.0. The van der Waals surface area contributed by atoms with E-state index in [1.807, 2.05) is 0 Å². The molecule has 5 heteroatoms. The summed E-state index contributed by atoms with van der Waals surface area (Å²) in [4.78, 5) is 22.7. The maximum Gasteiger partial charge on any atom is 0.223 e. The zero-order valence-electron chi connectivity index (χ0n) is 9.79. The Morgan fingerprint density at radius 2 is 2.12 bits per heavy atom. The average molecular weight is 227 g/mol. The van der Waals surface area contributed by atoms with E-state index in [4.69, 9.17) is 5.73 Å². The second kappa shape index (κ2) is 6.48. The fourth-order valence-corrected chi connectivity index (χ4v) is 2.03. The number of nitrogens with one attached hydrogen (secondary N) is 2. The summed E-state index contributed by atoms with van der Waals surface area (Å²) in [5.41, 5.74) is 5.82. The van der Waals surface area contributed by atoms with E-state index in [0.29, 0.717) is 13.0 Å². The lowest BCUT2D eigenvalue weighted by atomic mass is 9.85. The van der Waals surface area contributed by atoms with Crippen LogP contribution in [0.4, 0.5) is 0 Å². The Labute approximate surface area is 96.1 Å². The normalized spacial score (nSPS) is 24.9. The zero-order chi connectivity index (χ0) is 12.0. The minimum Gasteiger partial charge on any atom is -0.359 e. The summed E-state index contributed by atoms with van der Waals surface area (Å²) in [6, 6.07) is 0.156. The summed E-state index contributed by atoms with van der Waals surface area (Å²) in [5, 5.41) is 5.30. The van der Waals surface area contributed by atoms with Gasteiger partial charge in [-0.25, -0.2) is 0 Å². The molecule has 0 heterocycles. The molecule has 92 valence electrons. The van der Waals surface area contributed by atoms with Crippen LogP contribution in [-0.2, 0) is 9.59 Å². The Morgan fingerprint density at radius 3 is 2.75 bits per heavy atom. The molecule has 0 aromatic heterocycles. The van der Waals surface area contributed by atoms with Crippen LogP contribution < -0.4 is 16.4 Å². The van der Waals surface area contributed by atoms with Gasteiger partial charge in [-0.2, -0.15) is 0 Å². The molecule has 0 aromatic rings. The number of nitrogens with two attached hydrogens (primary N) is 1. The highest BCUT2D eigenvalue weighted by Crippen LogP contribution is 2.22. The van der Waals surface area contributed by atoms with Crippen LogP contribution in [0.25, 0.3) is 0 Å². The van der Waals surface area contributed by atoms with Crippen LogP contribution in [0.5, 0.6) is 0 Å². The van der Waals surface area contributed by atoms with E-state index in [0.717, 1.165) is 25.7 Å². The molecule has 0 saturated heterocycles. The standard InChI is InChI=1S/C11H21N3O2/c1-13-10(15)5-6-14-11(16)8-3-2-4-9(12)7-8/h8-9H,2-7,12H2,1H3,(H,13,15)(H,14,16). The molecule has 1 aliphatic rings. The number of carbonyl (C=O) groups is 2. The van der Waals surface area contributed by atoms with Crippen molar-refractivity contribution >= 4 is 11.8 Å². The summed E-state index contributed by atoms with van der Waals surface area (Å²) in [6.07, 6.45) is 4.06. The van der Waals surface area contributed by atoms with Gasteiger partial charge in [-0.05, 0) is 19.3 Å². The van der Waals surface area contributed by atoms with E-state index in [-0.39, 0.29) is 23.8 Å². The number of hydrogen-bond donors (Lipinski definition) is 3. The molecule has 1 rings (SSSR count). The van der Waals surface area contributed by atoms with Crippen LogP contribution in [0.2, 0.25) is 0 Å². The number of rotatable bonds is 4. The van der Waals surface area contributed by atoms with Crippen molar-refractivity contribution in [2.45, 2.75) is 38.1 Å². The first-order valence-electron chi connectivity index (χ1n) is 5.87. The largest absolute Gasteiger partial charge is 0.359 e. The Bertz CT molecular complexity index is 256. The third-order valence-corrected chi connectivity index (χ3v) is 3.02. The van der Waals surface area contributed by atoms with E-state index in [1.165, 1.54) is 0 Å². The number of carbonyl (C=O) groups excluding carboxylic acids is 2. The highest BCUT2D eigenvalue weighted by atomic mass is 16.2. The SMILES string of the molecule is CNC(=O)CCNC(=O)C1CCCC(N)C1. The van der Waals surface area contributed by atoms with Crippen molar-refractivity contribution in [1.82, 2.24) is 10.6 Å². The minimum atomic E-state index is -0.0550. The molecule has 1 aliphatic carbocycles. The lowest BCUT2D eigenvalue weighted by molar-refractivity contribution is -0.126. The van der Waals surface area contributed by atoms with Crippen LogP contribution in [0.1, 0.15) is 32.1 Å². The second-order valence-electron chi connectivity index (χ2n) is 4.34. The van der Waals surface area contributed by atoms with Gasteiger partial charge in [-0.1, -0.05) is 6.42 Å². The third kappa shape index (κ3) is 4.18. The predicted octanol–water partition coefficient (Wildman–Crippen LogP) is -0.244. The lowest BCUT2D eigenvalue weighted by Gasteiger charge is -2.25. The molecule has 4 N–H and O–H groups in total. The fraction of sp³-hybridized carbons (Fsp3) is 0.818. The molecule has 16 heavy (non-hydrogen) atoms. The van der Waals surface area contributed by atoms with E-state index >= 15 is 0 Å². The fourth-order valence-electron chi connectivity index (χ4n) is 2.03. The average Bonchev–Trinajstić information content (AvgIpc) is 2.28. The van der Waals surface area contributed by atoms with Gasteiger partial charge in [-0.15, -0.1) is 0 Å². The van der Waals surface area contributed by atoms with Gasteiger partial charge in [0, 0.05) is 32.0 Å². The van der Waals surface area contributed by atoms with Crippen LogP contribution in [-0.4, -0.2) is 31.4 Å². The molecule has 1 fully saturated rings. The molecule has 0 aromatic carbocycles. The van der Waals surface area contributed by atoms with Crippen molar-refractivity contribution in [3.05, 3.63) is 0 Å². The van der Waals surface area contributed by atoms with Crippen molar-refractivity contribution in [3.63, 3.8) is 0 Å². The first-order valence-corrected chi connectivity index (χ1v) is 5.87. The van der Waals surface area contributed by atoms with Crippen molar-refractivity contribution in [2.24, 2.45) is 11.7 Å². The van der Waals surface area contributed by atoms with Crippen molar-refractivity contribution in [3.8, 4) is 0 Å². The van der Waals surface area contributed by atoms with Crippen molar-refractivity contribution in [2.75, 3.05) is 13.6 Å². The molecule has 2 amide bonds. The van der Waals surface area contributed by atoms with E-state index < -0.39 is 0 Å². The van der Waals surface area contributed by atoms with E-state index in [1.54, 1.807) is 7.05 Å². The smallest absolute Gasteiger partial charge is 0.223 e. The van der Waals surface area contributed by atoms with Gasteiger partial charge in [-0.3, -0.25) is 9.59 Å². The van der Waals surface area contributed by atoms with Crippen molar-refractivity contribution in [1.29, 1.82) is 0 Å². The van der Waals surface area contributed by atoms with Crippen molar-refractivity contribution < 1.29 is 9.59 Å². The van der Waals surface area contributed by atoms with Gasteiger partial charge >= 0.3 is 0 Å². The maximum atomic E-state index is 11.7. The topological polar surface area (TPSA) is 84.2 Å².